The van der Waals surface area contributed by atoms with Crippen LogP contribution in [0.4, 0.5) is 0 Å². The molecule has 1 nitrogen and oxygen atoms in total. The summed E-state index contributed by atoms with van der Waals surface area (Å²) in [5.74, 6) is 3.32. The number of hydrogen-bond donors (Lipinski definition) is 1. The third kappa shape index (κ3) is 1.71. The van der Waals surface area contributed by atoms with Crippen molar-refractivity contribution in [3.05, 3.63) is 30.3 Å². The van der Waals surface area contributed by atoms with Crippen molar-refractivity contribution in [2.45, 2.75) is 5.03 Å². The van der Waals surface area contributed by atoms with Crippen LogP contribution in [0.5, 0.6) is 0 Å². The zero-order chi connectivity index (χ0) is 9.10. The van der Waals surface area contributed by atoms with Gasteiger partial charge < -0.3 is 4.98 Å². The molecule has 2 aromatic rings. The van der Waals surface area contributed by atoms with Crippen LogP contribution in [0.1, 0.15) is 0 Å². The molecule has 0 spiro atoms. The average Bonchev–Trinajstić information content (AvgIpc) is 2.57. The standard InChI is InChI=1S/C11H9NS/c1-2-7-13-11-8-9-5-3-4-6-10(9)12-11/h1,3-6,8,12H,7H2. The van der Waals surface area contributed by atoms with Crippen LogP contribution in [-0.2, 0) is 0 Å². The van der Waals surface area contributed by atoms with Gasteiger partial charge in [0.2, 0.25) is 0 Å². The van der Waals surface area contributed by atoms with E-state index in [1.54, 1.807) is 11.8 Å². The maximum atomic E-state index is 5.19. The number of aromatic nitrogens is 1. The Morgan fingerprint density at radius 3 is 3.00 bits per heavy atom. The predicted molar refractivity (Wildman–Crippen MR) is 57.9 cm³/mol. The molecule has 0 radical (unpaired) electrons. The molecule has 0 fully saturated rings. The van der Waals surface area contributed by atoms with E-state index in [1.165, 1.54) is 10.9 Å². The van der Waals surface area contributed by atoms with E-state index >= 15 is 0 Å². The van der Waals surface area contributed by atoms with Crippen molar-refractivity contribution in [3.63, 3.8) is 0 Å². The van der Waals surface area contributed by atoms with Gasteiger partial charge in [-0.25, -0.2) is 0 Å². The first-order chi connectivity index (χ1) is 6.40. The van der Waals surface area contributed by atoms with Crippen molar-refractivity contribution < 1.29 is 0 Å². The van der Waals surface area contributed by atoms with Gasteiger partial charge in [0.1, 0.15) is 0 Å². The maximum absolute atomic E-state index is 5.19. The highest BCUT2D eigenvalue weighted by atomic mass is 32.2. The molecule has 0 bridgehead atoms. The fourth-order valence-corrected chi connectivity index (χ4v) is 1.88. The monoisotopic (exact) mass is 187 g/mol. The Kier molecular flexibility index (Phi) is 2.29. The lowest BCUT2D eigenvalue weighted by Crippen LogP contribution is -1.71. The van der Waals surface area contributed by atoms with Crippen LogP contribution in [0.15, 0.2) is 35.4 Å². The maximum Gasteiger partial charge on any atom is 0.0741 e. The average molecular weight is 187 g/mol. The summed E-state index contributed by atoms with van der Waals surface area (Å²) < 4.78 is 0. The van der Waals surface area contributed by atoms with Crippen molar-refractivity contribution in [2.24, 2.45) is 0 Å². The molecule has 64 valence electrons. The van der Waals surface area contributed by atoms with Gasteiger partial charge in [0, 0.05) is 10.9 Å². The van der Waals surface area contributed by atoms with Crippen LogP contribution in [0, 0.1) is 12.3 Å². The number of thioether (sulfide) groups is 1. The second-order valence-corrected chi connectivity index (χ2v) is 3.73. The summed E-state index contributed by atoms with van der Waals surface area (Å²) in [5, 5.41) is 2.38. The minimum absolute atomic E-state index is 0.715. The number of hydrogen-bond acceptors (Lipinski definition) is 1. The van der Waals surface area contributed by atoms with E-state index in [2.05, 4.69) is 29.1 Å². The van der Waals surface area contributed by atoms with E-state index in [1.807, 2.05) is 12.1 Å². The Hall–Kier alpha value is -1.33. The van der Waals surface area contributed by atoms with Gasteiger partial charge in [0.25, 0.3) is 0 Å². The van der Waals surface area contributed by atoms with Gasteiger partial charge in [0.05, 0.1) is 10.8 Å². The van der Waals surface area contributed by atoms with Crippen molar-refractivity contribution in [1.82, 2.24) is 4.98 Å². The molecule has 0 saturated heterocycles. The quantitative estimate of drug-likeness (QED) is 0.564. The predicted octanol–water partition coefficient (Wildman–Crippen LogP) is 2.89. The summed E-state index contributed by atoms with van der Waals surface area (Å²) in [5.41, 5.74) is 1.17. The molecule has 1 N–H and O–H groups in total. The van der Waals surface area contributed by atoms with Crippen LogP contribution in [0.2, 0.25) is 0 Å². The molecule has 1 heterocycles. The molecule has 0 atom stereocenters. The van der Waals surface area contributed by atoms with Gasteiger partial charge >= 0.3 is 0 Å². The number of para-hydroxylation sites is 1. The number of rotatable bonds is 2. The van der Waals surface area contributed by atoms with E-state index in [9.17, 15) is 0 Å². The second kappa shape index (κ2) is 3.59. The zero-order valence-corrected chi connectivity index (χ0v) is 7.90. The normalized spacial score (nSPS) is 10.1. The highest BCUT2D eigenvalue weighted by Gasteiger charge is 1.98. The first-order valence-corrected chi connectivity index (χ1v) is 5.03. The lowest BCUT2D eigenvalue weighted by molar-refractivity contribution is 1.24. The molecular weight excluding hydrogens is 178 g/mol. The van der Waals surface area contributed by atoms with E-state index in [-0.39, 0.29) is 0 Å². The number of fused-ring (bicyclic) bond motifs is 1. The summed E-state index contributed by atoms with van der Waals surface area (Å²) in [4.78, 5) is 3.30. The van der Waals surface area contributed by atoms with Crippen LogP contribution in [0.3, 0.4) is 0 Å². The Bertz CT molecular complexity index is 417. The van der Waals surface area contributed by atoms with Crippen molar-refractivity contribution in [1.29, 1.82) is 0 Å². The topological polar surface area (TPSA) is 15.8 Å². The first-order valence-electron chi connectivity index (χ1n) is 4.04. The third-order valence-electron chi connectivity index (χ3n) is 1.82. The molecule has 0 aliphatic carbocycles. The summed E-state index contributed by atoms with van der Waals surface area (Å²) in [7, 11) is 0. The van der Waals surface area contributed by atoms with Gasteiger partial charge in [-0.2, -0.15) is 0 Å². The minimum atomic E-state index is 0.715. The molecule has 2 rings (SSSR count). The van der Waals surface area contributed by atoms with Crippen LogP contribution in [0.25, 0.3) is 10.9 Å². The molecule has 13 heavy (non-hydrogen) atoms. The molecule has 0 aliphatic rings. The van der Waals surface area contributed by atoms with Crippen molar-refractivity contribution >= 4 is 22.7 Å². The SMILES string of the molecule is C#CCSc1cc2ccccc2[nH]1. The molecule has 1 aromatic heterocycles. The van der Waals surface area contributed by atoms with Crippen LogP contribution >= 0.6 is 11.8 Å². The van der Waals surface area contributed by atoms with Crippen molar-refractivity contribution in [2.75, 3.05) is 5.75 Å². The number of aromatic amines is 1. The fraction of sp³-hybridized carbons (Fsp3) is 0.0909. The van der Waals surface area contributed by atoms with E-state index < -0.39 is 0 Å². The van der Waals surface area contributed by atoms with Crippen LogP contribution in [-0.4, -0.2) is 10.7 Å². The first kappa shape index (κ1) is 8.28. The van der Waals surface area contributed by atoms with E-state index in [0.717, 1.165) is 5.03 Å². The number of H-pyrrole nitrogens is 1. The largest absolute Gasteiger partial charge is 0.350 e. The summed E-state index contributed by atoms with van der Waals surface area (Å²) in [6.45, 7) is 0. The van der Waals surface area contributed by atoms with E-state index in [4.69, 9.17) is 6.42 Å². The van der Waals surface area contributed by atoms with Gasteiger partial charge in [-0.3, -0.25) is 0 Å². The van der Waals surface area contributed by atoms with Gasteiger partial charge in [-0.1, -0.05) is 35.9 Å². The molecule has 1 aromatic carbocycles. The van der Waals surface area contributed by atoms with E-state index in [0.29, 0.717) is 5.75 Å². The van der Waals surface area contributed by atoms with Gasteiger partial charge in [-0.05, 0) is 12.1 Å². The Labute approximate surface area is 81.5 Å². The Morgan fingerprint density at radius 1 is 1.38 bits per heavy atom. The molecule has 0 aliphatic heterocycles. The number of nitrogens with one attached hydrogen (secondary N) is 1. The van der Waals surface area contributed by atoms with Crippen molar-refractivity contribution in [3.8, 4) is 12.3 Å². The van der Waals surface area contributed by atoms with Gasteiger partial charge in [-0.15, -0.1) is 6.42 Å². The summed E-state index contributed by atoms with van der Waals surface area (Å²) >= 11 is 1.65. The molecule has 0 saturated carbocycles. The Morgan fingerprint density at radius 2 is 2.23 bits per heavy atom. The number of terminal acetylenes is 1. The summed E-state index contributed by atoms with van der Waals surface area (Å²) in [6, 6.07) is 10.3. The molecule has 0 unspecified atom stereocenters. The van der Waals surface area contributed by atoms with Gasteiger partial charge in [0.15, 0.2) is 0 Å². The highest BCUT2D eigenvalue weighted by Crippen LogP contribution is 2.22. The lowest BCUT2D eigenvalue weighted by Gasteiger charge is -1.88. The fourth-order valence-electron chi connectivity index (χ4n) is 1.24. The summed E-state index contributed by atoms with van der Waals surface area (Å²) in [6.07, 6.45) is 5.19. The molecule has 0 amide bonds. The minimum Gasteiger partial charge on any atom is -0.350 e. The van der Waals surface area contributed by atoms with Crippen LogP contribution < -0.4 is 0 Å². The Balaban J connectivity index is 2.34. The second-order valence-electron chi connectivity index (χ2n) is 2.71. The molecular formula is C11H9NS. The highest BCUT2D eigenvalue weighted by molar-refractivity contribution is 7.99. The smallest absolute Gasteiger partial charge is 0.0741 e. The zero-order valence-electron chi connectivity index (χ0n) is 7.08. The third-order valence-corrected chi connectivity index (χ3v) is 2.66. The lowest BCUT2D eigenvalue weighted by atomic mass is 10.3. The number of benzene rings is 1. The molecule has 2 heteroatoms.